The molecule has 20 heavy (non-hydrogen) atoms. The summed E-state index contributed by atoms with van der Waals surface area (Å²) in [6, 6.07) is 2.54. The maximum atomic E-state index is 11.5. The molecular weight excluding hydrogens is 262 g/mol. The smallest absolute Gasteiger partial charge is 0.356 e. The molecule has 1 aromatic heterocycles. The van der Waals surface area contributed by atoms with Crippen molar-refractivity contribution in [2.24, 2.45) is 0 Å². The lowest BCUT2D eigenvalue weighted by Crippen LogP contribution is -2.27. The van der Waals surface area contributed by atoms with Crippen LogP contribution in [0.4, 0.5) is 11.5 Å². The molecule has 7 heteroatoms. The Bertz CT molecular complexity index is 542. The third-order valence-corrected chi connectivity index (χ3v) is 2.59. The summed E-state index contributed by atoms with van der Waals surface area (Å²) in [6.07, 6.45) is 0. The number of carbonyl (C=O) groups excluding carboxylic acids is 1. The van der Waals surface area contributed by atoms with E-state index in [1.165, 1.54) is 19.2 Å². The number of pyridine rings is 1. The SMILES string of the molecule is C=C(C)CN(CC)c1nc(C(=O)OC)ccc1[N+](=O)[O-]. The van der Waals surface area contributed by atoms with Crippen molar-refractivity contribution < 1.29 is 14.5 Å². The standard InChI is InChI=1S/C13H17N3O4/c1-5-15(8-9(2)3)12-11(16(18)19)7-6-10(14-12)13(17)20-4/h6-7H,2,5,8H2,1,3-4H3. The van der Waals surface area contributed by atoms with Crippen LogP contribution in [0.2, 0.25) is 0 Å². The highest BCUT2D eigenvalue weighted by Crippen LogP contribution is 2.26. The molecular formula is C13H17N3O4. The molecule has 0 radical (unpaired) electrons. The summed E-state index contributed by atoms with van der Waals surface area (Å²) in [6.45, 7) is 8.38. The number of likely N-dealkylation sites (N-methyl/N-ethyl adjacent to an activating group) is 1. The number of esters is 1. The summed E-state index contributed by atoms with van der Waals surface area (Å²) in [5, 5.41) is 11.1. The van der Waals surface area contributed by atoms with E-state index in [0.717, 1.165) is 5.57 Å². The van der Waals surface area contributed by atoms with E-state index in [0.29, 0.717) is 13.1 Å². The van der Waals surface area contributed by atoms with E-state index in [1.807, 2.05) is 13.8 Å². The second kappa shape index (κ2) is 6.65. The monoisotopic (exact) mass is 279 g/mol. The highest BCUT2D eigenvalue weighted by atomic mass is 16.6. The third-order valence-electron chi connectivity index (χ3n) is 2.59. The van der Waals surface area contributed by atoms with E-state index >= 15 is 0 Å². The zero-order valence-electron chi connectivity index (χ0n) is 11.8. The van der Waals surface area contributed by atoms with E-state index < -0.39 is 10.9 Å². The predicted octanol–water partition coefficient (Wildman–Crippen LogP) is 2.18. The first kappa shape index (κ1) is 15.6. The van der Waals surface area contributed by atoms with Crippen molar-refractivity contribution in [1.82, 2.24) is 4.98 Å². The molecule has 0 bridgehead atoms. The van der Waals surface area contributed by atoms with Gasteiger partial charge >= 0.3 is 11.7 Å². The largest absolute Gasteiger partial charge is 0.464 e. The van der Waals surface area contributed by atoms with Gasteiger partial charge in [-0.2, -0.15) is 0 Å². The van der Waals surface area contributed by atoms with Gasteiger partial charge in [0.1, 0.15) is 0 Å². The predicted molar refractivity (Wildman–Crippen MR) is 74.9 cm³/mol. The second-order valence-corrected chi connectivity index (χ2v) is 4.26. The number of methoxy groups -OCH3 is 1. The Morgan fingerprint density at radius 3 is 2.65 bits per heavy atom. The number of rotatable bonds is 6. The van der Waals surface area contributed by atoms with Crippen LogP contribution >= 0.6 is 0 Å². The van der Waals surface area contributed by atoms with Gasteiger partial charge in [0.15, 0.2) is 5.69 Å². The average molecular weight is 279 g/mol. The minimum absolute atomic E-state index is 0.0354. The molecule has 1 aromatic rings. The summed E-state index contributed by atoms with van der Waals surface area (Å²) in [5.41, 5.74) is 0.723. The molecule has 0 aromatic carbocycles. The summed E-state index contributed by atoms with van der Waals surface area (Å²) < 4.78 is 4.58. The van der Waals surface area contributed by atoms with Gasteiger partial charge in [-0.15, -0.1) is 0 Å². The molecule has 0 aliphatic rings. The van der Waals surface area contributed by atoms with E-state index in [4.69, 9.17) is 0 Å². The number of nitro groups is 1. The number of anilines is 1. The maximum absolute atomic E-state index is 11.5. The normalized spacial score (nSPS) is 9.95. The number of carbonyl (C=O) groups is 1. The molecule has 0 atom stereocenters. The van der Waals surface area contributed by atoms with Crippen LogP contribution in [0.3, 0.4) is 0 Å². The van der Waals surface area contributed by atoms with Crippen molar-refractivity contribution in [3.8, 4) is 0 Å². The molecule has 0 aliphatic carbocycles. The zero-order valence-corrected chi connectivity index (χ0v) is 11.8. The topological polar surface area (TPSA) is 85.6 Å². The quantitative estimate of drug-likeness (QED) is 0.343. The Labute approximate surface area is 117 Å². The summed E-state index contributed by atoms with van der Waals surface area (Å²) >= 11 is 0. The lowest BCUT2D eigenvalue weighted by molar-refractivity contribution is -0.384. The van der Waals surface area contributed by atoms with Crippen LogP contribution < -0.4 is 4.90 Å². The van der Waals surface area contributed by atoms with Crippen LogP contribution in [-0.2, 0) is 4.74 Å². The van der Waals surface area contributed by atoms with Gasteiger partial charge in [0.05, 0.1) is 12.0 Å². The van der Waals surface area contributed by atoms with Gasteiger partial charge in [0.2, 0.25) is 5.82 Å². The molecule has 7 nitrogen and oxygen atoms in total. The minimum atomic E-state index is -0.632. The Morgan fingerprint density at radius 2 is 2.20 bits per heavy atom. The molecule has 0 aliphatic heterocycles. The highest BCUT2D eigenvalue weighted by molar-refractivity contribution is 5.88. The van der Waals surface area contributed by atoms with Crippen molar-refractivity contribution in [1.29, 1.82) is 0 Å². The lowest BCUT2D eigenvalue weighted by atomic mass is 10.2. The first-order valence-electron chi connectivity index (χ1n) is 6.03. The fraction of sp³-hybridized carbons (Fsp3) is 0.385. The van der Waals surface area contributed by atoms with Gasteiger partial charge in [-0.1, -0.05) is 12.2 Å². The Morgan fingerprint density at radius 1 is 1.55 bits per heavy atom. The molecule has 0 saturated carbocycles. The zero-order chi connectivity index (χ0) is 15.3. The highest BCUT2D eigenvalue weighted by Gasteiger charge is 2.23. The summed E-state index contributed by atoms with van der Waals surface area (Å²) in [4.78, 5) is 27.8. The molecule has 0 saturated heterocycles. The van der Waals surface area contributed by atoms with Crippen LogP contribution in [-0.4, -0.2) is 36.1 Å². The fourth-order valence-electron chi connectivity index (χ4n) is 1.70. The van der Waals surface area contributed by atoms with E-state index in [1.54, 1.807) is 4.90 Å². The van der Waals surface area contributed by atoms with Crippen molar-refractivity contribution in [3.63, 3.8) is 0 Å². The van der Waals surface area contributed by atoms with Gasteiger partial charge in [-0.25, -0.2) is 9.78 Å². The van der Waals surface area contributed by atoms with Gasteiger partial charge in [-0.05, 0) is 19.9 Å². The van der Waals surface area contributed by atoms with Crippen LogP contribution in [0.1, 0.15) is 24.3 Å². The first-order valence-corrected chi connectivity index (χ1v) is 6.03. The van der Waals surface area contributed by atoms with E-state index in [2.05, 4.69) is 16.3 Å². The Kier molecular flexibility index (Phi) is 5.19. The van der Waals surface area contributed by atoms with Gasteiger partial charge in [0, 0.05) is 19.2 Å². The molecule has 1 heterocycles. The van der Waals surface area contributed by atoms with Crippen LogP contribution in [0.25, 0.3) is 0 Å². The molecule has 0 amide bonds. The Balaban J connectivity index is 3.33. The summed E-state index contributed by atoms with van der Waals surface area (Å²) in [5.74, 6) is -0.490. The lowest BCUT2D eigenvalue weighted by Gasteiger charge is -2.21. The van der Waals surface area contributed by atoms with E-state index in [-0.39, 0.29) is 17.2 Å². The fourth-order valence-corrected chi connectivity index (χ4v) is 1.70. The average Bonchev–Trinajstić information content (AvgIpc) is 2.42. The summed E-state index contributed by atoms with van der Waals surface area (Å²) in [7, 11) is 1.23. The number of hydrogen-bond acceptors (Lipinski definition) is 6. The van der Waals surface area contributed by atoms with Crippen molar-refractivity contribution in [2.45, 2.75) is 13.8 Å². The first-order chi connectivity index (χ1) is 9.40. The molecule has 0 fully saturated rings. The molecule has 0 N–H and O–H groups in total. The van der Waals surface area contributed by atoms with Gasteiger partial charge < -0.3 is 9.64 Å². The van der Waals surface area contributed by atoms with Gasteiger partial charge in [-0.3, -0.25) is 10.1 Å². The molecule has 0 spiro atoms. The van der Waals surface area contributed by atoms with Crippen molar-refractivity contribution in [3.05, 3.63) is 40.1 Å². The Hall–Kier alpha value is -2.44. The number of hydrogen-bond donors (Lipinski definition) is 0. The van der Waals surface area contributed by atoms with Crippen LogP contribution in [0.5, 0.6) is 0 Å². The minimum Gasteiger partial charge on any atom is -0.464 e. The molecule has 0 unspecified atom stereocenters. The van der Waals surface area contributed by atoms with Gasteiger partial charge in [0.25, 0.3) is 0 Å². The molecule has 108 valence electrons. The second-order valence-electron chi connectivity index (χ2n) is 4.26. The number of ether oxygens (including phenoxy) is 1. The third kappa shape index (κ3) is 3.53. The maximum Gasteiger partial charge on any atom is 0.356 e. The van der Waals surface area contributed by atoms with Crippen LogP contribution in [0.15, 0.2) is 24.3 Å². The number of aromatic nitrogens is 1. The molecule has 1 rings (SSSR count). The van der Waals surface area contributed by atoms with Crippen molar-refractivity contribution >= 4 is 17.5 Å². The number of nitrogens with zero attached hydrogens (tertiary/aromatic N) is 3. The van der Waals surface area contributed by atoms with E-state index in [9.17, 15) is 14.9 Å². The van der Waals surface area contributed by atoms with Crippen molar-refractivity contribution in [2.75, 3.05) is 25.1 Å². The van der Waals surface area contributed by atoms with Crippen LogP contribution in [0, 0.1) is 10.1 Å².